The minimum atomic E-state index is -2.81. The molecular formula is C14H21NO4S. The molecule has 1 aliphatic heterocycles. The van der Waals surface area contributed by atoms with Crippen molar-refractivity contribution in [2.75, 3.05) is 32.3 Å². The zero-order valence-electron chi connectivity index (χ0n) is 11.9. The number of hydrogen-bond donors (Lipinski definition) is 1. The van der Waals surface area contributed by atoms with Crippen LogP contribution in [0.25, 0.3) is 0 Å². The fourth-order valence-electron chi connectivity index (χ4n) is 2.41. The molecule has 20 heavy (non-hydrogen) atoms. The molecule has 1 aromatic rings. The van der Waals surface area contributed by atoms with Gasteiger partial charge in [0, 0.05) is 6.04 Å². The van der Waals surface area contributed by atoms with Crippen molar-refractivity contribution in [1.82, 2.24) is 5.32 Å². The summed E-state index contributed by atoms with van der Waals surface area (Å²) < 4.78 is 33.2. The van der Waals surface area contributed by atoms with E-state index in [0.717, 1.165) is 18.5 Å². The fourth-order valence-corrected chi connectivity index (χ4v) is 4.12. The molecule has 0 saturated carbocycles. The van der Waals surface area contributed by atoms with Gasteiger partial charge >= 0.3 is 0 Å². The van der Waals surface area contributed by atoms with Crippen molar-refractivity contribution < 1.29 is 17.9 Å². The quantitative estimate of drug-likeness (QED) is 0.850. The van der Waals surface area contributed by atoms with E-state index in [4.69, 9.17) is 9.47 Å². The maximum atomic E-state index is 11.4. The molecule has 0 radical (unpaired) electrons. The van der Waals surface area contributed by atoms with Crippen molar-refractivity contribution in [2.24, 2.45) is 0 Å². The molecule has 1 aromatic carbocycles. The molecule has 1 fully saturated rings. The average Bonchev–Trinajstić information content (AvgIpc) is 2.78. The number of methoxy groups -OCH3 is 2. The number of rotatable bonds is 6. The SMILES string of the molecule is COc1ccc(CCNC2CCS(=O)(=O)C2)cc1OC. The van der Waals surface area contributed by atoms with Crippen LogP contribution in [0.15, 0.2) is 18.2 Å². The number of benzene rings is 1. The number of hydrogen-bond acceptors (Lipinski definition) is 5. The van der Waals surface area contributed by atoms with Crippen LogP contribution in [0.1, 0.15) is 12.0 Å². The Labute approximate surface area is 120 Å². The van der Waals surface area contributed by atoms with Gasteiger partial charge in [-0.25, -0.2) is 8.42 Å². The molecule has 5 nitrogen and oxygen atoms in total. The van der Waals surface area contributed by atoms with Crippen LogP contribution < -0.4 is 14.8 Å². The molecule has 1 unspecified atom stereocenters. The van der Waals surface area contributed by atoms with Crippen molar-refractivity contribution in [1.29, 1.82) is 0 Å². The minimum absolute atomic E-state index is 0.0974. The van der Waals surface area contributed by atoms with Crippen molar-refractivity contribution in [3.8, 4) is 11.5 Å². The average molecular weight is 299 g/mol. The van der Waals surface area contributed by atoms with Crippen LogP contribution in [-0.4, -0.2) is 46.7 Å². The van der Waals surface area contributed by atoms with E-state index in [0.29, 0.717) is 23.7 Å². The predicted octanol–water partition coefficient (Wildman–Crippen LogP) is 1.02. The second-order valence-corrected chi connectivity index (χ2v) is 7.22. The maximum Gasteiger partial charge on any atom is 0.160 e. The van der Waals surface area contributed by atoms with Gasteiger partial charge in [-0.05, 0) is 37.1 Å². The van der Waals surface area contributed by atoms with E-state index in [-0.39, 0.29) is 11.8 Å². The first kappa shape index (κ1) is 15.1. The third-order valence-corrected chi connectivity index (χ3v) is 5.30. The second kappa shape index (κ2) is 6.45. The Hall–Kier alpha value is -1.27. The third-order valence-electron chi connectivity index (χ3n) is 3.53. The first-order chi connectivity index (χ1) is 9.54. The van der Waals surface area contributed by atoms with Crippen molar-refractivity contribution in [2.45, 2.75) is 18.9 Å². The Balaban J connectivity index is 1.85. The van der Waals surface area contributed by atoms with E-state index in [9.17, 15) is 8.42 Å². The maximum absolute atomic E-state index is 11.4. The highest BCUT2D eigenvalue weighted by atomic mass is 32.2. The van der Waals surface area contributed by atoms with Crippen molar-refractivity contribution in [3.63, 3.8) is 0 Å². The molecule has 2 rings (SSSR count). The highest BCUT2D eigenvalue weighted by Crippen LogP contribution is 2.27. The van der Waals surface area contributed by atoms with Gasteiger partial charge in [0.25, 0.3) is 0 Å². The lowest BCUT2D eigenvalue weighted by Crippen LogP contribution is -2.31. The summed E-state index contributed by atoms with van der Waals surface area (Å²) in [5.74, 6) is 2.00. The monoisotopic (exact) mass is 299 g/mol. The lowest BCUT2D eigenvalue weighted by atomic mass is 10.1. The predicted molar refractivity (Wildman–Crippen MR) is 78.3 cm³/mol. The van der Waals surface area contributed by atoms with Crippen LogP contribution in [0.3, 0.4) is 0 Å². The zero-order chi connectivity index (χ0) is 14.6. The normalized spacial score (nSPS) is 20.8. The number of nitrogens with one attached hydrogen (secondary N) is 1. The molecule has 1 N–H and O–H groups in total. The minimum Gasteiger partial charge on any atom is -0.493 e. The Morgan fingerprint density at radius 3 is 2.60 bits per heavy atom. The van der Waals surface area contributed by atoms with E-state index in [1.54, 1.807) is 14.2 Å². The lowest BCUT2D eigenvalue weighted by molar-refractivity contribution is 0.354. The first-order valence-electron chi connectivity index (χ1n) is 6.69. The molecule has 1 heterocycles. The standard InChI is InChI=1S/C14H21NO4S/c1-18-13-4-3-11(9-14(13)19-2)5-7-15-12-6-8-20(16,17)10-12/h3-4,9,12,15H,5-8,10H2,1-2H3. The van der Waals surface area contributed by atoms with Gasteiger partial charge in [0.15, 0.2) is 21.3 Å². The molecule has 1 aliphatic rings. The van der Waals surface area contributed by atoms with Crippen molar-refractivity contribution in [3.05, 3.63) is 23.8 Å². The Morgan fingerprint density at radius 2 is 2.00 bits per heavy atom. The summed E-state index contributed by atoms with van der Waals surface area (Å²) >= 11 is 0. The Bertz CT molecular complexity index is 556. The molecule has 0 bridgehead atoms. The fraction of sp³-hybridized carbons (Fsp3) is 0.571. The van der Waals surface area contributed by atoms with Gasteiger partial charge in [0.05, 0.1) is 25.7 Å². The highest BCUT2D eigenvalue weighted by Gasteiger charge is 2.26. The summed E-state index contributed by atoms with van der Waals surface area (Å²) in [4.78, 5) is 0. The van der Waals surface area contributed by atoms with Crippen LogP contribution in [0.2, 0.25) is 0 Å². The van der Waals surface area contributed by atoms with Gasteiger partial charge in [-0.3, -0.25) is 0 Å². The van der Waals surface area contributed by atoms with Crippen LogP contribution in [0.5, 0.6) is 11.5 Å². The van der Waals surface area contributed by atoms with Crippen LogP contribution in [0.4, 0.5) is 0 Å². The number of ether oxygens (including phenoxy) is 2. The van der Waals surface area contributed by atoms with E-state index in [1.165, 1.54) is 0 Å². The summed E-state index contributed by atoms with van der Waals surface area (Å²) in [6.07, 6.45) is 1.55. The molecule has 0 aliphatic carbocycles. The third kappa shape index (κ3) is 3.86. The van der Waals surface area contributed by atoms with Crippen molar-refractivity contribution >= 4 is 9.84 Å². The van der Waals surface area contributed by atoms with Gasteiger partial charge in [-0.1, -0.05) is 6.07 Å². The molecule has 112 valence electrons. The molecular weight excluding hydrogens is 278 g/mol. The van der Waals surface area contributed by atoms with Crippen LogP contribution >= 0.6 is 0 Å². The smallest absolute Gasteiger partial charge is 0.160 e. The summed E-state index contributed by atoms with van der Waals surface area (Å²) in [7, 11) is 0.416. The first-order valence-corrected chi connectivity index (χ1v) is 8.51. The zero-order valence-corrected chi connectivity index (χ0v) is 12.7. The van der Waals surface area contributed by atoms with Gasteiger partial charge in [0.2, 0.25) is 0 Å². The molecule has 0 spiro atoms. The van der Waals surface area contributed by atoms with Crippen LogP contribution in [0, 0.1) is 0 Å². The van der Waals surface area contributed by atoms with Gasteiger partial charge < -0.3 is 14.8 Å². The summed E-state index contributed by atoms with van der Waals surface area (Å²) in [5.41, 5.74) is 1.14. The van der Waals surface area contributed by atoms with Crippen LogP contribution in [-0.2, 0) is 16.3 Å². The largest absolute Gasteiger partial charge is 0.493 e. The summed E-state index contributed by atoms with van der Waals surface area (Å²) in [6, 6.07) is 5.93. The second-order valence-electron chi connectivity index (χ2n) is 4.99. The summed E-state index contributed by atoms with van der Waals surface area (Å²) in [6.45, 7) is 0.760. The summed E-state index contributed by atoms with van der Waals surface area (Å²) in [5, 5.41) is 3.30. The van der Waals surface area contributed by atoms with E-state index < -0.39 is 9.84 Å². The molecule has 1 saturated heterocycles. The molecule has 1 atom stereocenters. The van der Waals surface area contributed by atoms with Gasteiger partial charge in [-0.2, -0.15) is 0 Å². The Kier molecular flexibility index (Phi) is 4.88. The topological polar surface area (TPSA) is 64.6 Å². The van der Waals surface area contributed by atoms with E-state index >= 15 is 0 Å². The van der Waals surface area contributed by atoms with Gasteiger partial charge in [-0.15, -0.1) is 0 Å². The van der Waals surface area contributed by atoms with Gasteiger partial charge in [0.1, 0.15) is 0 Å². The Morgan fingerprint density at radius 1 is 1.25 bits per heavy atom. The highest BCUT2D eigenvalue weighted by molar-refractivity contribution is 7.91. The molecule has 6 heteroatoms. The lowest BCUT2D eigenvalue weighted by Gasteiger charge is -2.12. The number of sulfone groups is 1. The molecule has 0 amide bonds. The molecule has 0 aromatic heterocycles. The van der Waals surface area contributed by atoms with E-state index in [1.807, 2.05) is 18.2 Å². The van der Waals surface area contributed by atoms with E-state index in [2.05, 4.69) is 5.32 Å².